The van der Waals surface area contributed by atoms with Crippen LogP contribution in [0, 0.1) is 0 Å². The molecule has 0 radical (unpaired) electrons. The van der Waals surface area contributed by atoms with Crippen LogP contribution in [-0.4, -0.2) is 38.6 Å². The zero-order valence-electron chi connectivity index (χ0n) is 10.1. The summed E-state index contributed by atoms with van der Waals surface area (Å²) in [6, 6.07) is 6.05. The Kier molecular flexibility index (Phi) is 3.56. The molecule has 0 aliphatic rings. The summed E-state index contributed by atoms with van der Waals surface area (Å²) in [5, 5.41) is 16.3. The van der Waals surface area contributed by atoms with Crippen LogP contribution in [0.3, 0.4) is 0 Å². The smallest absolute Gasteiger partial charge is 0.358 e. The average molecular weight is 261 g/mol. The molecule has 1 heterocycles. The van der Waals surface area contributed by atoms with Gasteiger partial charge < -0.3 is 9.84 Å². The number of hydrogen-bond donors (Lipinski definition) is 1. The van der Waals surface area contributed by atoms with Crippen molar-refractivity contribution in [2.45, 2.75) is 6.92 Å². The molecular formula is C12H11N3O4. The summed E-state index contributed by atoms with van der Waals surface area (Å²) in [6.45, 7) is 1.93. The molecule has 2 rings (SSSR count). The van der Waals surface area contributed by atoms with Gasteiger partial charge in [0.05, 0.1) is 24.1 Å². The molecule has 0 unspecified atom stereocenters. The Morgan fingerprint density at radius 3 is 2.89 bits per heavy atom. The van der Waals surface area contributed by atoms with Crippen LogP contribution in [0.25, 0.3) is 5.69 Å². The van der Waals surface area contributed by atoms with Gasteiger partial charge >= 0.3 is 11.9 Å². The molecule has 7 nitrogen and oxygen atoms in total. The Hall–Kier alpha value is -2.70. The zero-order chi connectivity index (χ0) is 13.8. The SMILES string of the molecule is CCOC(=O)c1cnnn1-c1cccc(C(=O)O)c1. The van der Waals surface area contributed by atoms with E-state index in [9.17, 15) is 9.59 Å². The number of hydrogen-bond acceptors (Lipinski definition) is 5. The minimum atomic E-state index is -1.06. The van der Waals surface area contributed by atoms with Crippen molar-refractivity contribution in [3.05, 3.63) is 41.7 Å². The lowest BCUT2D eigenvalue weighted by atomic mass is 10.2. The number of aromatic nitrogens is 3. The normalized spacial score (nSPS) is 10.2. The molecule has 0 saturated carbocycles. The minimum Gasteiger partial charge on any atom is -0.478 e. The van der Waals surface area contributed by atoms with Crippen LogP contribution in [0.2, 0.25) is 0 Å². The first-order chi connectivity index (χ1) is 9.13. The average Bonchev–Trinajstić information content (AvgIpc) is 2.88. The zero-order valence-corrected chi connectivity index (χ0v) is 10.1. The number of carboxylic acids is 1. The van der Waals surface area contributed by atoms with E-state index in [-0.39, 0.29) is 17.9 Å². The van der Waals surface area contributed by atoms with Crippen molar-refractivity contribution in [2.75, 3.05) is 6.61 Å². The van der Waals surface area contributed by atoms with Crippen molar-refractivity contribution in [1.29, 1.82) is 0 Å². The number of ether oxygens (including phenoxy) is 1. The van der Waals surface area contributed by atoms with Gasteiger partial charge in [0.1, 0.15) is 0 Å². The van der Waals surface area contributed by atoms with Crippen molar-refractivity contribution in [1.82, 2.24) is 15.0 Å². The van der Waals surface area contributed by atoms with E-state index < -0.39 is 11.9 Å². The molecule has 0 aliphatic heterocycles. The van der Waals surface area contributed by atoms with Crippen molar-refractivity contribution in [3.63, 3.8) is 0 Å². The Labute approximate surface area is 108 Å². The highest BCUT2D eigenvalue weighted by Gasteiger charge is 2.16. The second kappa shape index (κ2) is 5.30. The van der Waals surface area contributed by atoms with E-state index in [1.165, 1.54) is 23.0 Å². The molecule has 7 heteroatoms. The lowest BCUT2D eigenvalue weighted by Gasteiger charge is -2.06. The van der Waals surface area contributed by atoms with Gasteiger partial charge in [0.25, 0.3) is 0 Å². The van der Waals surface area contributed by atoms with Gasteiger partial charge in [0, 0.05) is 0 Å². The summed E-state index contributed by atoms with van der Waals surface area (Å²) < 4.78 is 6.11. The Bertz CT molecular complexity index is 621. The highest BCUT2D eigenvalue weighted by atomic mass is 16.5. The van der Waals surface area contributed by atoms with Gasteiger partial charge in [-0.25, -0.2) is 14.3 Å². The first-order valence-corrected chi connectivity index (χ1v) is 5.55. The maximum absolute atomic E-state index is 11.7. The fourth-order valence-corrected chi connectivity index (χ4v) is 1.54. The van der Waals surface area contributed by atoms with Crippen molar-refractivity contribution in [2.24, 2.45) is 0 Å². The molecule has 1 N–H and O–H groups in total. The van der Waals surface area contributed by atoms with Gasteiger partial charge in [-0.15, -0.1) is 5.10 Å². The number of carbonyl (C=O) groups is 2. The molecular weight excluding hydrogens is 250 g/mol. The maximum atomic E-state index is 11.7. The molecule has 2 aromatic rings. The van der Waals surface area contributed by atoms with Crippen LogP contribution in [0.5, 0.6) is 0 Å². The monoisotopic (exact) mass is 261 g/mol. The molecule has 98 valence electrons. The largest absolute Gasteiger partial charge is 0.478 e. The maximum Gasteiger partial charge on any atom is 0.358 e. The molecule has 0 spiro atoms. The van der Waals surface area contributed by atoms with E-state index in [0.717, 1.165) is 0 Å². The van der Waals surface area contributed by atoms with E-state index in [4.69, 9.17) is 9.84 Å². The van der Waals surface area contributed by atoms with Crippen molar-refractivity contribution in [3.8, 4) is 5.69 Å². The van der Waals surface area contributed by atoms with Gasteiger partial charge in [-0.3, -0.25) is 0 Å². The molecule has 0 atom stereocenters. The van der Waals surface area contributed by atoms with E-state index in [2.05, 4.69) is 10.3 Å². The molecule has 19 heavy (non-hydrogen) atoms. The predicted octanol–water partition coefficient (Wildman–Crippen LogP) is 1.14. The topological polar surface area (TPSA) is 94.3 Å². The second-order valence-electron chi connectivity index (χ2n) is 3.61. The summed E-state index contributed by atoms with van der Waals surface area (Å²) in [7, 11) is 0. The number of nitrogens with zero attached hydrogens (tertiary/aromatic N) is 3. The van der Waals surface area contributed by atoms with Crippen molar-refractivity contribution >= 4 is 11.9 Å². The van der Waals surface area contributed by atoms with Gasteiger partial charge in [-0.2, -0.15) is 0 Å². The first kappa shape index (κ1) is 12.7. The van der Waals surface area contributed by atoms with Crippen LogP contribution in [-0.2, 0) is 4.74 Å². The van der Waals surface area contributed by atoms with Crippen LogP contribution in [0.4, 0.5) is 0 Å². The highest BCUT2D eigenvalue weighted by molar-refractivity contribution is 5.89. The van der Waals surface area contributed by atoms with E-state index in [1.807, 2.05) is 0 Å². The van der Waals surface area contributed by atoms with Crippen LogP contribution >= 0.6 is 0 Å². The third kappa shape index (κ3) is 2.59. The fourth-order valence-electron chi connectivity index (χ4n) is 1.54. The molecule has 0 saturated heterocycles. The number of benzene rings is 1. The summed E-state index contributed by atoms with van der Waals surface area (Å²) in [5.74, 6) is -1.62. The number of carboxylic acid groups (broad SMARTS) is 1. The van der Waals surface area contributed by atoms with E-state index in [0.29, 0.717) is 5.69 Å². The molecule has 1 aromatic heterocycles. The lowest BCUT2D eigenvalue weighted by molar-refractivity contribution is 0.0515. The standard InChI is InChI=1S/C12H11N3O4/c1-2-19-12(18)10-7-13-14-15(10)9-5-3-4-8(6-9)11(16)17/h3-7H,2H2,1H3,(H,16,17). The van der Waals surface area contributed by atoms with E-state index in [1.54, 1.807) is 19.1 Å². The minimum absolute atomic E-state index is 0.0998. The molecule has 0 amide bonds. The van der Waals surface area contributed by atoms with Crippen molar-refractivity contribution < 1.29 is 19.4 Å². The summed E-state index contributed by atoms with van der Waals surface area (Å²) in [6.07, 6.45) is 1.27. The predicted molar refractivity (Wildman–Crippen MR) is 64.3 cm³/mol. The number of carbonyl (C=O) groups excluding carboxylic acids is 1. The molecule has 0 bridgehead atoms. The second-order valence-corrected chi connectivity index (χ2v) is 3.61. The molecule has 0 aliphatic carbocycles. The fraction of sp³-hybridized carbons (Fsp3) is 0.167. The Morgan fingerprint density at radius 2 is 2.21 bits per heavy atom. The highest BCUT2D eigenvalue weighted by Crippen LogP contribution is 2.12. The number of esters is 1. The third-order valence-electron chi connectivity index (χ3n) is 2.37. The molecule has 0 fully saturated rings. The summed E-state index contributed by atoms with van der Waals surface area (Å²) >= 11 is 0. The van der Waals surface area contributed by atoms with Gasteiger partial charge in [-0.05, 0) is 25.1 Å². The van der Waals surface area contributed by atoms with Crippen LogP contribution in [0.15, 0.2) is 30.5 Å². The van der Waals surface area contributed by atoms with E-state index >= 15 is 0 Å². The first-order valence-electron chi connectivity index (χ1n) is 5.55. The van der Waals surface area contributed by atoms with Gasteiger partial charge in [-0.1, -0.05) is 11.3 Å². The number of aromatic carboxylic acids is 1. The van der Waals surface area contributed by atoms with Crippen LogP contribution < -0.4 is 0 Å². The Balaban J connectivity index is 2.42. The quantitative estimate of drug-likeness (QED) is 0.829. The van der Waals surface area contributed by atoms with Crippen LogP contribution in [0.1, 0.15) is 27.8 Å². The Morgan fingerprint density at radius 1 is 1.42 bits per heavy atom. The summed E-state index contributed by atoms with van der Waals surface area (Å²) in [4.78, 5) is 22.6. The van der Waals surface area contributed by atoms with Gasteiger partial charge in [0.2, 0.25) is 0 Å². The third-order valence-corrected chi connectivity index (χ3v) is 2.37. The number of rotatable bonds is 4. The lowest BCUT2D eigenvalue weighted by Crippen LogP contribution is -2.12. The van der Waals surface area contributed by atoms with Gasteiger partial charge in [0.15, 0.2) is 5.69 Å². The summed E-state index contributed by atoms with van der Waals surface area (Å²) in [5.41, 5.74) is 0.674. The molecule has 1 aromatic carbocycles.